The molecule has 0 aliphatic carbocycles. The first-order valence-corrected chi connectivity index (χ1v) is 2.97. The van der Waals surface area contributed by atoms with Crippen LogP contribution in [0, 0.1) is 0 Å². The third-order valence-corrected chi connectivity index (χ3v) is 1.17. The van der Waals surface area contributed by atoms with Gasteiger partial charge in [0.2, 0.25) is 0 Å². The molecule has 0 aromatic carbocycles. The maximum atomic E-state index is 9.97. The summed E-state index contributed by atoms with van der Waals surface area (Å²) in [5, 5.41) is -0.0231. The van der Waals surface area contributed by atoms with Crippen LogP contribution in [0.2, 0.25) is 0 Å². The van der Waals surface area contributed by atoms with Gasteiger partial charge in [0.15, 0.2) is 5.16 Å². The van der Waals surface area contributed by atoms with Gasteiger partial charge in [-0.2, -0.15) is 0 Å². The first kappa shape index (κ1) is 9.32. The molecule has 0 aliphatic rings. The molecule has 1 N–H and O–H groups in total. The van der Waals surface area contributed by atoms with Crippen LogP contribution >= 0.6 is 0 Å². The van der Waals surface area contributed by atoms with Crippen LogP contribution in [0.1, 0.15) is 0 Å². The second kappa shape index (κ2) is 4.19. The Morgan fingerprint density at radius 1 is 1.78 bits per heavy atom. The molecule has 6 heteroatoms. The number of rotatable bonds is 1. The van der Waals surface area contributed by atoms with Crippen molar-refractivity contribution >= 4 is 11.1 Å². The summed E-state index contributed by atoms with van der Waals surface area (Å²) in [5.41, 5.74) is 0. The zero-order valence-corrected chi connectivity index (χ0v) is 7.64. The maximum Gasteiger partial charge on any atom is 1.00 e. The van der Waals surface area contributed by atoms with Gasteiger partial charge in [-0.05, 0) is 0 Å². The Kier molecular flexibility index (Phi) is 4.33. The molecule has 1 rings (SSSR count). The molecule has 1 aromatic rings. The molecule has 0 bridgehead atoms. The van der Waals surface area contributed by atoms with Crippen molar-refractivity contribution < 1.29 is 38.3 Å². The van der Waals surface area contributed by atoms with Crippen LogP contribution in [0.3, 0.4) is 0 Å². The van der Waals surface area contributed by atoms with Crippen LogP contribution < -0.4 is 29.6 Å². The standard InChI is InChI=1S/C3H4N2O2S.Na/c6-8(7)3-4-1-2-5-3;/h1-2H,(H,4,5)(H,6,7);/q;+1/p-1. The Balaban J connectivity index is 0.000000640. The van der Waals surface area contributed by atoms with E-state index >= 15 is 0 Å². The molecular formula is C3H3N2NaO2S. The number of hydrogen-bond donors (Lipinski definition) is 1. The molecule has 0 fully saturated rings. The summed E-state index contributed by atoms with van der Waals surface area (Å²) in [6.07, 6.45) is 2.83. The second-order valence-corrected chi connectivity index (χ2v) is 1.99. The Morgan fingerprint density at radius 3 is 2.67 bits per heavy atom. The summed E-state index contributed by atoms with van der Waals surface area (Å²) in [6, 6.07) is 0. The van der Waals surface area contributed by atoms with Crippen molar-refractivity contribution in [2.75, 3.05) is 0 Å². The van der Waals surface area contributed by atoms with Gasteiger partial charge in [0.1, 0.15) is 0 Å². The maximum absolute atomic E-state index is 9.97. The fourth-order valence-electron chi connectivity index (χ4n) is 0.342. The van der Waals surface area contributed by atoms with Gasteiger partial charge in [0.25, 0.3) is 0 Å². The smallest absolute Gasteiger partial charge is 0.766 e. The molecule has 0 radical (unpaired) electrons. The Morgan fingerprint density at radius 2 is 2.44 bits per heavy atom. The van der Waals surface area contributed by atoms with Crippen molar-refractivity contribution in [3.63, 3.8) is 0 Å². The minimum atomic E-state index is -2.21. The molecule has 0 saturated carbocycles. The number of aromatic amines is 1. The normalized spacial score (nSPS) is 12.1. The molecule has 44 valence electrons. The summed E-state index contributed by atoms with van der Waals surface area (Å²) >= 11 is -2.21. The Labute approximate surface area is 76.7 Å². The average Bonchev–Trinajstić information content (AvgIpc) is 2.12. The van der Waals surface area contributed by atoms with Crippen LogP contribution in [-0.4, -0.2) is 18.7 Å². The van der Waals surface area contributed by atoms with E-state index in [0.29, 0.717) is 0 Å². The summed E-state index contributed by atoms with van der Waals surface area (Å²) in [6.45, 7) is 0. The van der Waals surface area contributed by atoms with E-state index in [0.717, 1.165) is 0 Å². The molecule has 0 spiro atoms. The zero-order valence-electron chi connectivity index (χ0n) is 4.83. The van der Waals surface area contributed by atoms with E-state index in [9.17, 15) is 8.76 Å². The van der Waals surface area contributed by atoms with Gasteiger partial charge in [0.05, 0.1) is 0 Å². The van der Waals surface area contributed by atoms with E-state index in [1.807, 2.05) is 0 Å². The first-order valence-electron chi connectivity index (χ1n) is 1.89. The van der Waals surface area contributed by atoms with Crippen LogP contribution in [0.5, 0.6) is 0 Å². The van der Waals surface area contributed by atoms with Crippen molar-refractivity contribution in [2.24, 2.45) is 0 Å². The predicted molar refractivity (Wildman–Crippen MR) is 25.8 cm³/mol. The zero-order chi connectivity index (χ0) is 5.98. The largest absolute Gasteiger partial charge is 1.00 e. The fourth-order valence-corrected chi connectivity index (χ4v) is 0.653. The SMILES string of the molecule is O=S([O-])c1ncc[nH]1.[Na+]. The molecule has 1 aromatic heterocycles. The third-order valence-electron chi connectivity index (χ3n) is 0.631. The topological polar surface area (TPSA) is 68.8 Å². The summed E-state index contributed by atoms with van der Waals surface area (Å²) in [7, 11) is 0. The number of hydrogen-bond acceptors (Lipinski definition) is 3. The minimum absolute atomic E-state index is 0. The molecule has 0 amide bonds. The van der Waals surface area contributed by atoms with Crippen molar-refractivity contribution in [3.8, 4) is 0 Å². The number of imidazole rings is 1. The summed E-state index contributed by atoms with van der Waals surface area (Å²) in [5.74, 6) is 0. The molecule has 1 heterocycles. The van der Waals surface area contributed by atoms with Gasteiger partial charge in [-0.15, -0.1) is 0 Å². The Hall–Kier alpha value is 0.320. The van der Waals surface area contributed by atoms with Gasteiger partial charge in [0, 0.05) is 23.5 Å². The Bertz CT molecular complexity index is 188. The van der Waals surface area contributed by atoms with Gasteiger partial charge in [-0.1, -0.05) is 0 Å². The molecule has 9 heavy (non-hydrogen) atoms. The number of nitrogens with zero attached hydrogens (tertiary/aromatic N) is 1. The van der Waals surface area contributed by atoms with Crippen LogP contribution in [0.4, 0.5) is 0 Å². The van der Waals surface area contributed by atoms with E-state index in [-0.39, 0.29) is 34.7 Å². The van der Waals surface area contributed by atoms with Gasteiger partial charge in [-0.25, -0.2) is 4.98 Å². The van der Waals surface area contributed by atoms with Crippen molar-refractivity contribution in [1.82, 2.24) is 9.97 Å². The fraction of sp³-hybridized carbons (Fsp3) is 0. The van der Waals surface area contributed by atoms with Gasteiger partial charge in [-0.3, -0.25) is 4.21 Å². The van der Waals surface area contributed by atoms with Crippen LogP contribution in [0.15, 0.2) is 17.6 Å². The first-order chi connectivity index (χ1) is 3.80. The average molecular weight is 154 g/mol. The third kappa shape index (κ3) is 2.59. The van der Waals surface area contributed by atoms with Crippen molar-refractivity contribution in [2.45, 2.75) is 5.16 Å². The van der Waals surface area contributed by atoms with Crippen molar-refractivity contribution in [3.05, 3.63) is 12.4 Å². The number of nitrogens with one attached hydrogen (secondary N) is 1. The van der Waals surface area contributed by atoms with Gasteiger partial charge >= 0.3 is 29.6 Å². The van der Waals surface area contributed by atoms with Crippen LogP contribution in [0.25, 0.3) is 0 Å². The van der Waals surface area contributed by atoms with E-state index in [2.05, 4.69) is 9.97 Å². The minimum Gasteiger partial charge on any atom is -0.766 e. The van der Waals surface area contributed by atoms with E-state index < -0.39 is 11.1 Å². The summed E-state index contributed by atoms with van der Waals surface area (Å²) < 4.78 is 19.9. The van der Waals surface area contributed by atoms with Crippen molar-refractivity contribution in [1.29, 1.82) is 0 Å². The molecule has 4 nitrogen and oxygen atoms in total. The monoisotopic (exact) mass is 154 g/mol. The van der Waals surface area contributed by atoms with E-state index in [1.54, 1.807) is 0 Å². The number of aromatic nitrogens is 2. The van der Waals surface area contributed by atoms with E-state index in [4.69, 9.17) is 0 Å². The van der Waals surface area contributed by atoms with Crippen LogP contribution in [-0.2, 0) is 11.1 Å². The molecular weight excluding hydrogens is 151 g/mol. The van der Waals surface area contributed by atoms with E-state index in [1.165, 1.54) is 12.4 Å². The quantitative estimate of drug-likeness (QED) is 0.339. The second-order valence-electron chi connectivity index (χ2n) is 1.13. The van der Waals surface area contributed by atoms with Gasteiger partial charge < -0.3 is 9.54 Å². The molecule has 1 atom stereocenters. The molecule has 0 saturated heterocycles. The number of H-pyrrole nitrogens is 1. The summed E-state index contributed by atoms with van der Waals surface area (Å²) in [4.78, 5) is 5.86. The molecule has 1 unspecified atom stereocenters. The molecule has 0 aliphatic heterocycles. The predicted octanol–water partition coefficient (Wildman–Crippen LogP) is -3.35.